The van der Waals surface area contributed by atoms with Crippen LogP contribution in [0.4, 0.5) is 0 Å². The molecule has 0 amide bonds. The molecule has 2 atom stereocenters. The van der Waals surface area contributed by atoms with E-state index in [2.05, 4.69) is 27.7 Å². The normalized spacial score (nSPS) is 33.3. The van der Waals surface area contributed by atoms with Crippen LogP contribution in [0.5, 0.6) is 0 Å². The largest absolute Gasteiger partial charge is 0.870 e. The molecule has 110 valence electrons. The Hall–Kier alpha value is -0.120. The third-order valence-electron chi connectivity index (χ3n) is 5.22. The maximum atomic E-state index is 2.48. The van der Waals surface area contributed by atoms with Gasteiger partial charge in [0.25, 0.3) is 0 Å². The fourth-order valence-corrected chi connectivity index (χ4v) is 4.62. The van der Waals surface area contributed by atoms with Gasteiger partial charge in [-0.25, -0.2) is 0 Å². The highest BCUT2D eigenvalue weighted by Crippen LogP contribution is 2.43. The van der Waals surface area contributed by atoms with E-state index in [1.54, 1.807) is 0 Å². The molecule has 1 saturated heterocycles. The minimum absolute atomic E-state index is 0. The molecule has 0 bridgehead atoms. The third kappa shape index (κ3) is 3.46. The molecule has 2 rings (SSSR count). The van der Waals surface area contributed by atoms with Gasteiger partial charge >= 0.3 is 0 Å². The van der Waals surface area contributed by atoms with Crippen LogP contribution in [0.3, 0.4) is 0 Å². The van der Waals surface area contributed by atoms with Crippen LogP contribution in [0.15, 0.2) is 0 Å². The Morgan fingerprint density at radius 3 is 2.11 bits per heavy atom. The first-order chi connectivity index (χ1) is 7.47. The van der Waals surface area contributed by atoms with Gasteiger partial charge < -0.3 is 15.4 Å². The highest BCUT2D eigenvalue weighted by atomic mass is 16.0. The molecule has 1 aliphatic carbocycles. The SMILES string of the molecule is CC[N+]1(C2CC(C)CC(C)(C)C2)CCCC1.O.[OH-]. The Balaban J connectivity index is 0.00000144. The summed E-state index contributed by atoms with van der Waals surface area (Å²) in [6.07, 6.45) is 7.33. The molecule has 1 heterocycles. The second-order valence-corrected chi connectivity index (χ2v) is 7.26. The summed E-state index contributed by atoms with van der Waals surface area (Å²) in [5, 5.41) is 0. The molecule has 0 aromatic rings. The first kappa shape index (κ1) is 17.9. The number of quaternary nitrogens is 1. The minimum atomic E-state index is 0. The van der Waals surface area contributed by atoms with E-state index in [4.69, 9.17) is 0 Å². The van der Waals surface area contributed by atoms with Gasteiger partial charge in [-0.05, 0) is 24.7 Å². The zero-order chi connectivity index (χ0) is 11.8. The van der Waals surface area contributed by atoms with Crippen molar-refractivity contribution in [3.8, 4) is 0 Å². The van der Waals surface area contributed by atoms with Crippen molar-refractivity contribution < 1.29 is 15.4 Å². The third-order valence-corrected chi connectivity index (χ3v) is 5.22. The Morgan fingerprint density at radius 2 is 1.67 bits per heavy atom. The molecule has 0 radical (unpaired) electrons. The number of hydrogen-bond donors (Lipinski definition) is 0. The predicted octanol–water partition coefficient (Wildman–Crippen LogP) is 2.83. The topological polar surface area (TPSA) is 61.5 Å². The van der Waals surface area contributed by atoms with Crippen molar-refractivity contribution in [1.29, 1.82) is 0 Å². The van der Waals surface area contributed by atoms with Crippen molar-refractivity contribution in [2.24, 2.45) is 11.3 Å². The molecule has 2 fully saturated rings. The van der Waals surface area contributed by atoms with E-state index < -0.39 is 0 Å². The molecule has 0 spiro atoms. The maximum Gasteiger partial charge on any atom is 0.0898 e. The summed E-state index contributed by atoms with van der Waals surface area (Å²) in [5.74, 6) is 0.941. The van der Waals surface area contributed by atoms with Gasteiger partial charge in [-0.2, -0.15) is 0 Å². The van der Waals surface area contributed by atoms with Crippen molar-refractivity contribution in [2.45, 2.75) is 65.8 Å². The summed E-state index contributed by atoms with van der Waals surface area (Å²) >= 11 is 0. The molecule has 2 unspecified atom stereocenters. The van der Waals surface area contributed by atoms with E-state index in [0.717, 1.165) is 12.0 Å². The van der Waals surface area contributed by atoms with Crippen molar-refractivity contribution in [3.63, 3.8) is 0 Å². The van der Waals surface area contributed by atoms with Gasteiger partial charge in [0.05, 0.1) is 25.7 Å². The van der Waals surface area contributed by atoms with Crippen LogP contribution in [0.1, 0.15) is 59.8 Å². The predicted molar refractivity (Wildman–Crippen MR) is 75.9 cm³/mol. The zero-order valence-electron chi connectivity index (χ0n) is 12.7. The first-order valence-electron chi connectivity index (χ1n) is 7.33. The van der Waals surface area contributed by atoms with Crippen molar-refractivity contribution in [3.05, 3.63) is 0 Å². The van der Waals surface area contributed by atoms with E-state index in [1.807, 2.05) is 0 Å². The molecule has 0 aromatic carbocycles. The van der Waals surface area contributed by atoms with Gasteiger partial charge in [0.2, 0.25) is 0 Å². The Morgan fingerprint density at radius 1 is 1.11 bits per heavy atom. The van der Waals surface area contributed by atoms with Crippen LogP contribution < -0.4 is 0 Å². The molecule has 3 heteroatoms. The average molecular weight is 259 g/mol. The lowest BCUT2D eigenvalue weighted by molar-refractivity contribution is -0.941. The molecule has 2 aliphatic rings. The Labute approximate surface area is 113 Å². The highest BCUT2D eigenvalue weighted by Gasteiger charge is 2.44. The summed E-state index contributed by atoms with van der Waals surface area (Å²) in [6, 6.07) is 0.964. The van der Waals surface area contributed by atoms with E-state index in [-0.39, 0.29) is 11.0 Å². The van der Waals surface area contributed by atoms with E-state index >= 15 is 0 Å². The van der Waals surface area contributed by atoms with Gasteiger partial charge in [-0.1, -0.05) is 20.8 Å². The maximum absolute atomic E-state index is 2.48. The van der Waals surface area contributed by atoms with Crippen LogP contribution >= 0.6 is 0 Å². The van der Waals surface area contributed by atoms with Crippen LogP contribution in [-0.4, -0.2) is 41.1 Å². The van der Waals surface area contributed by atoms with E-state index in [0.29, 0.717) is 5.41 Å². The monoisotopic (exact) mass is 259 g/mol. The number of rotatable bonds is 2. The lowest BCUT2D eigenvalue weighted by Crippen LogP contribution is -2.56. The average Bonchev–Trinajstić information content (AvgIpc) is 2.63. The second kappa shape index (κ2) is 6.36. The zero-order valence-corrected chi connectivity index (χ0v) is 12.7. The summed E-state index contributed by atoms with van der Waals surface area (Å²) in [4.78, 5) is 0. The van der Waals surface area contributed by atoms with E-state index in [1.165, 1.54) is 56.2 Å². The second-order valence-electron chi connectivity index (χ2n) is 7.26. The standard InChI is InChI=1S/C15H30N.2H2O/c1-5-16(8-6-7-9-16)14-10-13(2)11-15(3,4)12-14;;/h13-14H,5-12H2,1-4H3;2*1H2/q+1;;/p-1. The van der Waals surface area contributed by atoms with Crippen LogP contribution in [0.25, 0.3) is 0 Å². The number of hydrogen-bond acceptors (Lipinski definition) is 1. The summed E-state index contributed by atoms with van der Waals surface area (Å²) in [7, 11) is 0. The van der Waals surface area contributed by atoms with Gasteiger partial charge in [0, 0.05) is 25.7 Å². The summed E-state index contributed by atoms with van der Waals surface area (Å²) in [6.45, 7) is 14.1. The molecule has 1 saturated carbocycles. The van der Waals surface area contributed by atoms with Gasteiger partial charge in [-0.15, -0.1) is 0 Å². The molecule has 0 aromatic heterocycles. The Kier molecular flexibility index (Phi) is 6.31. The number of likely N-dealkylation sites (tertiary alicyclic amines) is 1. The lowest BCUT2D eigenvalue weighted by atomic mass is 9.69. The first-order valence-corrected chi connectivity index (χ1v) is 7.33. The Bertz CT molecular complexity index is 247. The van der Waals surface area contributed by atoms with Gasteiger partial charge in [0.1, 0.15) is 0 Å². The van der Waals surface area contributed by atoms with Crippen molar-refractivity contribution in [2.75, 3.05) is 19.6 Å². The molecular weight excluding hydrogens is 226 g/mol. The van der Waals surface area contributed by atoms with Crippen LogP contribution in [-0.2, 0) is 0 Å². The smallest absolute Gasteiger partial charge is 0.0898 e. The molecule has 3 nitrogen and oxygen atoms in total. The molecule has 3 N–H and O–H groups in total. The molecule has 1 aliphatic heterocycles. The lowest BCUT2D eigenvalue weighted by Gasteiger charge is -2.48. The van der Waals surface area contributed by atoms with Crippen molar-refractivity contribution >= 4 is 0 Å². The fourth-order valence-electron chi connectivity index (χ4n) is 4.62. The van der Waals surface area contributed by atoms with Crippen molar-refractivity contribution in [1.82, 2.24) is 0 Å². The fraction of sp³-hybridized carbons (Fsp3) is 1.00. The highest BCUT2D eigenvalue weighted by molar-refractivity contribution is 4.84. The summed E-state index contributed by atoms with van der Waals surface area (Å²) in [5.41, 5.74) is 0.589. The van der Waals surface area contributed by atoms with Crippen LogP contribution in [0, 0.1) is 11.3 Å². The molecular formula is C15H33NO2. The number of nitrogens with zero attached hydrogens (tertiary/aromatic N) is 1. The van der Waals surface area contributed by atoms with Gasteiger partial charge in [0.15, 0.2) is 0 Å². The molecule has 18 heavy (non-hydrogen) atoms. The quantitative estimate of drug-likeness (QED) is 0.703. The van der Waals surface area contributed by atoms with E-state index in [9.17, 15) is 0 Å². The minimum Gasteiger partial charge on any atom is -0.870 e. The van der Waals surface area contributed by atoms with Crippen LogP contribution in [0.2, 0.25) is 0 Å². The summed E-state index contributed by atoms with van der Waals surface area (Å²) < 4.78 is 1.45. The van der Waals surface area contributed by atoms with Gasteiger partial charge in [-0.3, -0.25) is 0 Å².